The van der Waals surface area contributed by atoms with Crippen LogP contribution in [0, 0.1) is 6.92 Å². The maximum Gasteiger partial charge on any atom is 0.137 e. The number of piperazine rings is 1. The Morgan fingerprint density at radius 1 is 1.22 bits per heavy atom. The first-order valence-electron chi connectivity index (χ1n) is 8.63. The molecule has 1 aromatic heterocycles. The molecule has 1 N–H and O–H groups in total. The van der Waals surface area contributed by atoms with Gasteiger partial charge in [-0.25, -0.2) is 4.98 Å². The van der Waals surface area contributed by atoms with Crippen LogP contribution in [0.3, 0.4) is 0 Å². The van der Waals surface area contributed by atoms with Crippen molar-refractivity contribution < 1.29 is 0 Å². The van der Waals surface area contributed by atoms with Crippen LogP contribution in [0.1, 0.15) is 32.2 Å². The summed E-state index contributed by atoms with van der Waals surface area (Å²) in [7, 11) is 0. The van der Waals surface area contributed by atoms with Gasteiger partial charge in [0.2, 0.25) is 0 Å². The lowest BCUT2D eigenvalue weighted by Gasteiger charge is -2.41. The van der Waals surface area contributed by atoms with Crippen molar-refractivity contribution in [1.82, 2.24) is 19.8 Å². The largest absolute Gasteiger partial charge is 0.342 e. The summed E-state index contributed by atoms with van der Waals surface area (Å²) in [4.78, 5) is 13.4. The van der Waals surface area contributed by atoms with Crippen molar-refractivity contribution in [2.24, 2.45) is 0 Å². The molecule has 1 aliphatic heterocycles. The van der Waals surface area contributed by atoms with Crippen LogP contribution in [-0.4, -0.2) is 51.5 Å². The highest BCUT2D eigenvalue weighted by atomic mass is 15.3. The van der Waals surface area contributed by atoms with E-state index in [1.54, 1.807) is 0 Å². The Labute approximate surface area is 139 Å². The predicted molar refractivity (Wildman–Crippen MR) is 95.3 cm³/mol. The molecular weight excluding hydrogens is 284 g/mol. The number of nitrogens with one attached hydrogen (secondary N) is 1. The SMILES string of the molecule is Cc1[nH]c(-c2ccccc2)nc1CN1CCN(C(C)C)[C@H](C)C1. The van der Waals surface area contributed by atoms with Crippen LogP contribution < -0.4 is 0 Å². The molecular formula is C19H28N4. The van der Waals surface area contributed by atoms with Gasteiger partial charge in [0.15, 0.2) is 0 Å². The number of hydrogen-bond donors (Lipinski definition) is 1. The van der Waals surface area contributed by atoms with Gasteiger partial charge in [-0.2, -0.15) is 0 Å². The molecule has 4 nitrogen and oxygen atoms in total. The summed E-state index contributed by atoms with van der Waals surface area (Å²) < 4.78 is 0. The first kappa shape index (κ1) is 16.2. The zero-order chi connectivity index (χ0) is 16.4. The second-order valence-corrected chi connectivity index (χ2v) is 6.94. The average molecular weight is 312 g/mol. The van der Waals surface area contributed by atoms with E-state index in [4.69, 9.17) is 4.98 Å². The summed E-state index contributed by atoms with van der Waals surface area (Å²) in [6, 6.07) is 11.6. The lowest BCUT2D eigenvalue weighted by atomic mass is 10.1. The third kappa shape index (κ3) is 3.65. The van der Waals surface area contributed by atoms with Crippen molar-refractivity contribution >= 4 is 0 Å². The summed E-state index contributed by atoms with van der Waals surface area (Å²) in [5.41, 5.74) is 3.51. The van der Waals surface area contributed by atoms with Crippen molar-refractivity contribution in [1.29, 1.82) is 0 Å². The summed E-state index contributed by atoms with van der Waals surface area (Å²) in [6.07, 6.45) is 0. The molecule has 0 amide bonds. The van der Waals surface area contributed by atoms with E-state index in [-0.39, 0.29) is 0 Å². The van der Waals surface area contributed by atoms with Crippen molar-refractivity contribution in [3.8, 4) is 11.4 Å². The zero-order valence-corrected chi connectivity index (χ0v) is 14.7. The van der Waals surface area contributed by atoms with Gasteiger partial charge in [-0.15, -0.1) is 0 Å². The van der Waals surface area contributed by atoms with Crippen LogP contribution >= 0.6 is 0 Å². The van der Waals surface area contributed by atoms with E-state index >= 15 is 0 Å². The normalized spacial score (nSPS) is 20.3. The number of aromatic nitrogens is 2. The third-order valence-electron chi connectivity index (χ3n) is 4.83. The fourth-order valence-corrected chi connectivity index (χ4v) is 3.55. The molecule has 1 fully saturated rings. The van der Waals surface area contributed by atoms with E-state index in [9.17, 15) is 0 Å². The molecule has 0 bridgehead atoms. The number of aromatic amines is 1. The van der Waals surface area contributed by atoms with Gasteiger partial charge >= 0.3 is 0 Å². The van der Waals surface area contributed by atoms with Crippen molar-refractivity contribution in [2.45, 2.75) is 46.3 Å². The molecule has 0 aliphatic carbocycles. The molecule has 1 atom stereocenters. The van der Waals surface area contributed by atoms with Gasteiger partial charge in [-0.3, -0.25) is 9.80 Å². The first-order valence-corrected chi connectivity index (χ1v) is 8.63. The van der Waals surface area contributed by atoms with E-state index < -0.39 is 0 Å². The molecule has 1 aromatic carbocycles. The number of imidazole rings is 1. The average Bonchev–Trinajstić information content (AvgIpc) is 2.89. The molecule has 0 radical (unpaired) electrons. The Bertz CT molecular complexity index is 632. The van der Waals surface area contributed by atoms with E-state index in [2.05, 4.69) is 66.7 Å². The van der Waals surface area contributed by atoms with Crippen LogP contribution in [0.25, 0.3) is 11.4 Å². The second-order valence-electron chi connectivity index (χ2n) is 6.94. The Morgan fingerprint density at radius 2 is 1.96 bits per heavy atom. The van der Waals surface area contributed by atoms with Gasteiger partial charge in [-0.05, 0) is 27.7 Å². The van der Waals surface area contributed by atoms with Crippen molar-refractivity contribution in [3.05, 3.63) is 41.7 Å². The number of rotatable bonds is 4. The minimum Gasteiger partial charge on any atom is -0.342 e. The second kappa shape index (κ2) is 6.85. The van der Waals surface area contributed by atoms with Crippen LogP contribution in [0.2, 0.25) is 0 Å². The number of benzene rings is 1. The minimum absolute atomic E-state index is 0.608. The van der Waals surface area contributed by atoms with E-state index in [1.165, 1.54) is 11.4 Å². The molecule has 0 saturated carbocycles. The van der Waals surface area contributed by atoms with Gasteiger partial charge in [0.1, 0.15) is 5.82 Å². The van der Waals surface area contributed by atoms with E-state index in [1.807, 2.05) is 6.07 Å². The highest BCUT2D eigenvalue weighted by Gasteiger charge is 2.26. The highest BCUT2D eigenvalue weighted by Crippen LogP contribution is 2.20. The van der Waals surface area contributed by atoms with Crippen LogP contribution in [0.15, 0.2) is 30.3 Å². The Balaban J connectivity index is 1.69. The van der Waals surface area contributed by atoms with Crippen molar-refractivity contribution in [3.63, 3.8) is 0 Å². The predicted octanol–water partition coefficient (Wildman–Crippen LogP) is 3.30. The van der Waals surface area contributed by atoms with E-state index in [0.29, 0.717) is 12.1 Å². The number of nitrogens with zero attached hydrogens (tertiary/aromatic N) is 3. The summed E-state index contributed by atoms with van der Waals surface area (Å²) >= 11 is 0. The molecule has 124 valence electrons. The molecule has 23 heavy (non-hydrogen) atoms. The molecule has 2 heterocycles. The Hall–Kier alpha value is -1.65. The molecule has 3 rings (SSSR count). The lowest BCUT2D eigenvalue weighted by Crippen LogP contribution is -2.53. The Kier molecular flexibility index (Phi) is 4.83. The molecule has 1 saturated heterocycles. The molecule has 0 spiro atoms. The maximum absolute atomic E-state index is 4.84. The smallest absolute Gasteiger partial charge is 0.137 e. The van der Waals surface area contributed by atoms with Gasteiger partial charge in [0.25, 0.3) is 0 Å². The number of aryl methyl sites for hydroxylation is 1. The van der Waals surface area contributed by atoms with Crippen LogP contribution in [0.4, 0.5) is 0 Å². The molecule has 2 aromatic rings. The molecule has 0 unspecified atom stereocenters. The molecule has 1 aliphatic rings. The number of H-pyrrole nitrogens is 1. The minimum atomic E-state index is 0.608. The summed E-state index contributed by atoms with van der Waals surface area (Å²) in [6.45, 7) is 13.4. The lowest BCUT2D eigenvalue weighted by molar-refractivity contribution is 0.0558. The van der Waals surface area contributed by atoms with Crippen molar-refractivity contribution in [2.75, 3.05) is 19.6 Å². The monoisotopic (exact) mass is 312 g/mol. The third-order valence-corrected chi connectivity index (χ3v) is 4.83. The highest BCUT2D eigenvalue weighted by molar-refractivity contribution is 5.55. The summed E-state index contributed by atoms with van der Waals surface area (Å²) in [5.74, 6) is 0.979. The first-order chi connectivity index (χ1) is 11.0. The van der Waals surface area contributed by atoms with Crippen LogP contribution in [-0.2, 0) is 6.54 Å². The topological polar surface area (TPSA) is 35.2 Å². The van der Waals surface area contributed by atoms with Gasteiger partial charge in [0, 0.05) is 49.5 Å². The standard InChI is InChI=1S/C19H28N4/c1-14(2)23-11-10-22(12-15(23)3)13-18-16(4)20-19(21-18)17-8-6-5-7-9-17/h5-9,14-15H,10-13H2,1-4H3,(H,20,21)/t15-/m1/s1. The fraction of sp³-hybridized carbons (Fsp3) is 0.526. The molecule has 4 heteroatoms. The van der Waals surface area contributed by atoms with Crippen LogP contribution in [0.5, 0.6) is 0 Å². The number of hydrogen-bond acceptors (Lipinski definition) is 3. The fourth-order valence-electron chi connectivity index (χ4n) is 3.55. The maximum atomic E-state index is 4.84. The summed E-state index contributed by atoms with van der Waals surface area (Å²) in [5, 5.41) is 0. The van der Waals surface area contributed by atoms with Gasteiger partial charge in [0.05, 0.1) is 5.69 Å². The quantitative estimate of drug-likeness (QED) is 0.941. The zero-order valence-electron chi connectivity index (χ0n) is 14.7. The van der Waals surface area contributed by atoms with E-state index in [0.717, 1.165) is 37.6 Å². The van der Waals surface area contributed by atoms with Gasteiger partial charge < -0.3 is 4.98 Å². The van der Waals surface area contributed by atoms with Gasteiger partial charge in [-0.1, -0.05) is 30.3 Å². The Morgan fingerprint density at radius 3 is 2.61 bits per heavy atom.